The van der Waals surface area contributed by atoms with E-state index < -0.39 is 5.97 Å². The molecule has 2 aromatic carbocycles. The van der Waals surface area contributed by atoms with E-state index in [1.165, 1.54) is 7.11 Å². The predicted molar refractivity (Wildman–Crippen MR) is 138 cm³/mol. The van der Waals surface area contributed by atoms with E-state index in [1.54, 1.807) is 17.0 Å². The van der Waals surface area contributed by atoms with Gasteiger partial charge in [0.25, 0.3) is 0 Å². The molecule has 1 saturated carbocycles. The standard InChI is InChI=1S/C28H30N4O5/c1-17-4-13-22-23(31(17)28(35)36-3)14-15-24-26(22)30-25(16-18-5-11-21(12-6-18)37-29-2)32(24)20-9-7-19(8-10-20)27(33)34/h5-6,11-12,14-15,17,19-20H,4,7-10,13,16H2,1,3H3,(H,33,34)/t17-,19?,20?/m0/s1. The molecule has 5 rings (SSSR count). The summed E-state index contributed by atoms with van der Waals surface area (Å²) in [6.07, 6.45) is 4.66. The monoisotopic (exact) mass is 502 g/mol. The maximum absolute atomic E-state index is 12.6. The Morgan fingerprint density at radius 3 is 2.49 bits per heavy atom. The molecule has 1 aliphatic carbocycles. The van der Waals surface area contributed by atoms with Crippen LogP contribution in [0.3, 0.4) is 0 Å². The Morgan fingerprint density at radius 2 is 1.84 bits per heavy atom. The first kappa shape index (κ1) is 24.6. The van der Waals surface area contributed by atoms with Gasteiger partial charge in [-0.25, -0.2) is 9.78 Å². The van der Waals surface area contributed by atoms with Crippen LogP contribution >= 0.6 is 0 Å². The number of methoxy groups -OCH3 is 1. The van der Waals surface area contributed by atoms with Crippen LogP contribution in [0.2, 0.25) is 0 Å². The molecule has 9 nitrogen and oxygen atoms in total. The fourth-order valence-electron chi connectivity index (χ4n) is 5.84. The van der Waals surface area contributed by atoms with E-state index in [0.717, 1.165) is 59.4 Å². The number of aryl methyl sites for hydroxylation is 1. The Kier molecular flexibility index (Phi) is 6.74. The van der Waals surface area contributed by atoms with E-state index in [9.17, 15) is 14.7 Å². The average Bonchev–Trinajstić information content (AvgIpc) is 3.27. The van der Waals surface area contributed by atoms with Crippen LogP contribution in [-0.4, -0.2) is 39.9 Å². The summed E-state index contributed by atoms with van der Waals surface area (Å²) in [6, 6.07) is 11.6. The molecule has 2 aliphatic rings. The molecule has 1 atom stereocenters. The second kappa shape index (κ2) is 10.1. The molecule has 0 radical (unpaired) electrons. The lowest BCUT2D eigenvalue weighted by Crippen LogP contribution is -2.42. The third-order valence-electron chi connectivity index (χ3n) is 7.75. The van der Waals surface area contributed by atoms with Gasteiger partial charge in [-0.15, -0.1) is 0 Å². The molecule has 0 bridgehead atoms. The number of carboxylic acid groups (broad SMARTS) is 1. The van der Waals surface area contributed by atoms with Crippen LogP contribution in [0.15, 0.2) is 36.4 Å². The van der Waals surface area contributed by atoms with E-state index in [2.05, 4.69) is 9.58 Å². The van der Waals surface area contributed by atoms with Gasteiger partial charge in [-0.1, -0.05) is 12.1 Å². The first-order valence-electron chi connectivity index (χ1n) is 12.7. The second-order valence-corrected chi connectivity index (χ2v) is 9.90. The summed E-state index contributed by atoms with van der Waals surface area (Å²) in [7, 11) is 1.40. The predicted octanol–water partition coefficient (Wildman–Crippen LogP) is 5.56. The van der Waals surface area contributed by atoms with Gasteiger partial charge >= 0.3 is 12.1 Å². The number of fused-ring (bicyclic) bond motifs is 3. The van der Waals surface area contributed by atoms with Gasteiger partial charge < -0.3 is 14.4 Å². The highest BCUT2D eigenvalue weighted by Crippen LogP contribution is 2.40. The van der Waals surface area contributed by atoms with Gasteiger partial charge in [0.05, 0.1) is 29.7 Å². The molecule has 1 aromatic heterocycles. The van der Waals surface area contributed by atoms with E-state index >= 15 is 0 Å². The highest BCUT2D eigenvalue weighted by atomic mass is 16.6. The van der Waals surface area contributed by atoms with Gasteiger partial charge in [-0.3, -0.25) is 9.69 Å². The van der Waals surface area contributed by atoms with Crippen LogP contribution < -0.4 is 9.74 Å². The lowest BCUT2D eigenvalue weighted by molar-refractivity contribution is -0.143. The number of hydrogen-bond acceptors (Lipinski definition) is 5. The Bertz CT molecular complexity index is 1370. The number of carbonyl (C=O) groups is 2. The third kappa shape index (κ3) is 4.59. The van der Waals surface area contributed by atoms with E-state index in [1.807, 2.05) is 31.2 Å². The molecule has 3 aromatic rings. The molecule has 1 N–H and O–H groups in total. The summed E-state index contributed by atoms with van der Waals surface area (Å²) >= 11 is 0. The third-order valence-corrected chi connectivity index (χ3v) is 7.75. The number of aromatic nitrogens is 2. The molecule has 0 saturated heterocycles. The van der Waals surface area contributed by atoms with Crippen LogP contribution in [0.25, 0.3) is 16.0 Å². The Hall–Kier alpha value is -4.06. The molecule has 2 heterocycles. The zero-order valence-corrected chi connectivity index (χ0v) is 21.0. The van der Waals surface area contributed by atoms with E-state index in [4.69, 9.17) is 21.1 Å². The van der Waals surface area contributed by atoms with Crippen molar-refractivity contribution in [2.75, 3.05) is 12.0 Å². The summed E-state index contributed by atoms with van der Waals surface area (Å²) in [5.74, 6) is 0.379. The maximum atomic E-state index is 12.6. The lowest BCUT2D eigenvalue weighted by Gasteiger charge is -2.34. The van der Waals surface area contributed by atoms with Crippen molar-refractivity contribution < 1.29 is 24.3 Å². The number of nitrogens with zero attached hydrogens (tertiary/aromatic N) is 4. The van der Waals surface area contributed by atoms with Gasteiger partial charge in [0.2, 0.25) is 5.75 Å². The minimum atomic E-state index is -0.720. The van der Waals surface area contributed by atoms with Crippen LogP contribution in [0.5, 0.6) is 5.75 Å². The van der Waals surface area contributed by atoms with Crippen molar-refractivity contribution in [1.29, 1.82) is 0 Å². The zero-order valence-electron chi connectivity index (χ0n) is 21.0. The Morgan fingerprint density at radius 1 is 1.11 bits per heavy atom. The summed E-state index contributed by atoms with van der Waals surface area (Å²) in [6.45, 7) is 8.90. The molecule has 0 spiro atoms. The van der Waals surface area contributed by atoms with E-state index in [-0.39, 0.29) is 24.1 Å². The smallest absolute Gasteiger partial charge is 0.414 e. The van der Waals surface area contributed by atoms with Gasteiger partial charge in [0.15, 0.2) is 0 Å². The Labute approximate surface area is 215 Å². The van der Waals surface area contributed by atoms with Gasteiger partial charge in [-0.05, 0) is 80.3 Å². The summed E-state index contributed by atoms with van der Waals surface area (Å²) in [5.41, 5.74) is 4.82. The SMILES string of the molecule is [C-]#[N+]Oc1ccc(Cc2nc3c4c(ccc3n2C2CCC(C(=O)O)CC2)N(C(=O)OC)[C@@H](C)CC4)cc1. The molecule has 1 amide bonds. The van der Waals surface area contributed by atoms with Gasteiger partial charge in [-0.2, -0.15) is 11.4 Å². The highest BCUT2D eigenvalue weighted by Gasteiger charge is 2.33. The number of carboxylic acids is 1. The summed E-state index contributed by atoms with van der Waals surface area (Å²) in [5, 5.41) is 12.5. The number of carbonyl (C=O) groups excluding carboxylic acids is 1. The normalized spacial score (nSPS) is 21.2. The van der Waals surface area contributed by atoms with Gasteiger partial charge in [0, 0.05) is 24.1 Å². The molecule has 192 valence electrons. The second-order valence-electron chi connectivity index (χ2n) is 9.90. The number of aliphatic carboxylic acids is 1. The first-order chi connectivity index (χ1) is 17.9. The molecular weight excluding hydrogens is 472 g/mol. The molecular formula is C28H30N4O5. The maximum Gasteiger partial charge on any atom is 0.414 e. The molecule has 9 heteroatoms. The number of benzene rings is 2. The topological polar surface area (TPSA) is 98.3 Å². The summed E-state index contributed by atoms with van der Waals surface area (Å²) in [4.78, 5) is 35.9. The lowest BCUT2D eigenvalue weighted by atomic mass is 9.85. The average molecular weight is 503 g/mol. The number of anilines is 1. The largest absolute Gasteiger partial charge is 0.481 e. The van der Waals surface area contributed by atoms with Crippen molar-refractivity contribution in [3.8, 4) is 5.75 Å². The first-order valence-corrected chi connectivity index (χ1v) is 12.7. The minimum Gasteiger partial charge on any atom is -0.481 e. The molecule has 1 fully saturated rings. The van der Waals surface area contributed by atoms with Gasteiger partial charge in [0.1, 0.15) is 5.82 Å². The van der Waals surface area contributed by atoms with E-state index in [0.29, 0.717) is 25.0 Å². The van der Waals surface area contributed by atoms with Crippen molar-refractivity contribution in [2.45, 2.75) is 64.0 Å². The number of amides is 1. The summed E-state index contributed by atoms with van der Waals surface area (Å²) < 4.78 is 7.36. The fourth-order valence-corrected chi connectivity index (χ4v) is 5.84. The number of ether oxygens (including phenoxy) is 1. The quantitative estimate of drug-likeness (QED) is 0.362. The number of hydrogen-bond donors (Lipinski definition) is 1. The van der Waals surface area contributed by atoms with Crippen molar-refractivity contribution >= 4 is 28.8 Å². The van der Waals surface area contributed by atoms with Crippen LogP contribution in [0.1, 0.15) is 62.0 Å². The molecule has 0 unspecified atom stereocenters. The fraction of sp³-hybridized carbons (Fsp3) is 0.429. The van der Waals surface area contributed by atoms with Crippen molar-refractivity contribution in [3.05, 3.63) is 64.9 Å². The van der Waals surface area contributed by atoms with Crippen LogP contribution in [0, 0.1) is 12.5 Å². The highest BCUT2D eigenvalue weighted by molar-refractivity contribution is 5.95. The van der Waals surface area contributed by atoms with Crippen molar-refractivity contribution in [2.24, 2.45) is 5.92 Å². The number of rotatable bonds is 5. The molecule has 37 heavy (non-hydrogen) atoms. The Balaban J connectivity index is 1.58. The minimum absolute atomic E-state index is 0.0291. The van der Waals surface area contributed by atoms with Crippen molar-refractivity contribution in [1.82, 2.24) is 9.55 Å². The van der Waals surface area contributed by atoms with Crippen LogP contribution in [-0.2, 0) is 22.4 Å². The molecule has 1 aliphatic heterocycles. The number of imidazole rings is 1. The zero-order chi connectivity index (χ0) is 26.1. The van der Waals surface area contributed by atoms with Crippen LogP contribution in [0.4, 0.5) is 10.5 Å². The van der Waals surface area contributed by atoms with Crippen molar-refractivity contribution in [3.63, 3.8) is 0 Å².